The van der Waals surface area contributed by atoms with Crippen LogP contribution >= 0.6 is 0 Å². The topological polar surface area (TPSA) is 46.9 Å². The number of aromatic nitrogens is 2. The quantitative estimate of drug-likeness (QED) is 0.874. The molecule has 3 atom stereocenters. The minimum absolute atomic E-state index is 0.00375. The predicted molar refractivity (Wildman–Crippen MR) is 71.4 cm³/mol. The van der Waals surface area contributed by atoms with Crippen LogP contribution in [0.5, 0.6) is 0 Å². The average molecular weight is 249 g/mol. The average Bonchev–Trinajstić information content (AvgIpc) is 2.64. The van der Waals surface area contributed by atoms with Crippen molar-refractivity contribution in [3.8, 4) is 0 Å². The Labute approximate surface area is 109 Å². The van der Waals surface area contributed by atoms with E-state index in [1.54, 1.807) is 4.68 Å². The fourth-order valence-electron chi connectivity index (χ4n) is 2.85. The Morgan fingerprint density at radius 1 is 1.44 bits per heavy atom. The highest BCUT2D eigenvalue weighted by atomic mass is 16.2. The summed E-state index contributed by atoms with van der Waals surface area (Å²) in [6, 6.07) is 2.14. The third kappa shape index (κ3) is 2.57. The molecule has 0 bridgehead atoms. The van der Waals surface area contributed by atoms with Crippen LogP contribution in [0.15, 0.2) is 6.07 Å². The van der Waals surface area contributed by atoms with Crippen molar-refractivity contribution in [3.63, 3.8) is 0 Å². The first-order valence-corrected chi connectivity index (χ1v) is 6.80. The SMILES string of the molecule is Cc1cc(C(=O)NC2CCCC(C)C2C)n(C)n1. The van der Waals surface area contributed by atoms with Crippen molar-refractivity contribution in [2.45, 2.75) is 46.1 Å². The summed E-state index contributed by atoms with van der Waals surface area (Å²) in [7, 11) is 1.81. The predicted octanol–water partition coefficient (Wildman–Crippen LogP) is 2.28. The standard InChI is InChI=1S/C14H23N3O/c1-9-6-5-7-12(11(9)3)15-14(18)13-8-10(2)16-17(13)4/h8-9,11-12H,5-7H2,1-4H3,(H,15,18). The summed E-state index contributed by atoms with van der Waals surface area (Å²) < 4.78 is 1.65. The Kier molecular flexibility index (Phi) is 3.73. The van der Waals surface area contributed by atoms with Gasteiger partial charge in [0.15, 0.2) is 0 Å². The molecular weight excluding hydrogens is 226 g/mol. The number of amides is 1. The first-order chi connectivity index (χ1) is 8.49. The van der Waals surface area contributed by atoms with Crippen LogP contribution in [0.25, 0.3) is 0 Å². The summed E-state index contributed by atoms with van der Waals surface area (Å²) in [6.45, 7) is 6.42. The van der Waals surface area contributed by atoms with Crippen molar-refractivity contribution >= 4 is 5.91 Å². The second kappa shape index (κ2) is 5.12. The fraction of sp³-hybridized carbons (Fsp3) is 0.714. The van der Waals surface area contributed by atoms with E-state index in [2.05, 4.69) is 24.3 Å². The molecule has 1 fully saturated rings. The molecule has 0 aliphatic heterocycles. The smallest absolute Gasteiger partial charge is 0.269 e. The van der Waals surface area contributed by atoms with E-state index in [-0.39, 0.29) is 5.91 Å². The number of hydrogen-bond acceptors (Lipinski definition) is 2. The summed E-state index contributed by atoms with van der Waals surface area (Å²) >= 11 is 0. The van der Waals surface area contributed by atoms with Crippen molar-refractivity contribution in [1.82, 2.24) is 15.1 Å². The number of carbonyl (C=O) groups excluding carboxylic acids is 1. The number of aryl methyl sites for hydroxylation is 2. The lowest BCUT2D eigenvalue weighted by Gasteiger charge is -2.34. The molecule has 3 unspecified atom stereocenters. The van der Waals surface area contributed by atoms with Crippen LogP contribution in [0.2, 0.25) is 0 Å². The van der Waals surface area contributed by atoms with Gasteiger partial charge in [-0.2, -0.15) is 5.10 Å². The Balaban J connectivity index is 2.05. The van der Waals surface area contributed by atoms with E-state index in [9.17, 15) is 4.79 Å². The van der Waals surface area contributed by atoms with Crippen molar-refractivity contribution in [1.29, 1.82) is 0 Å². The molecular formula is C14H23N3O. The Bertz CT molecular complexity index is 438. The van der Waals surface area contributed by atoms with Gasteiger partial charge < -0.3 is 5.32 Å². The van der Waals surface area contributed by atoms with Crippen LogP contribution in [0.4, 0.5) is 0 Å². The Morgan fingerprint density at radius 2 is 2.17 bits per heavy atom. The molecule has 100 valence electrons. The van der Waals surface area contributed by atoms with Crippen LogP contribution in [-0.2, 0) is 7.05 Å². The van der Waals surface area contributed by atoms with Crippen molar-refractivity contribution in [2.75, 3.05) is 0 Å². The highest BCUT2D eigenvalue weighted by Crippen LogP contribution is 2.29. The molecule has 0 aromatic carbocycles. The lowest BCUT2D eigenvalue weighted by atomic mass is 9.78. The van der Waals surface area contributed by atoms with Gasteiger partial charge in [0.1, 0.15) is 5.69 Å². The second-order valence-electron chi connectivity index (χ2n) is 5.64. The maximum absolute atomic E-state index is 12.2. The zero-order valence-electron chi connectivity index (χ0n) is 11.7. The molecule has 1 N–H and O–H groups in total. The Hall–Kier alpha value is -1.32. The molecule has 1 amide bonds. The molecule has 18 heavy (non-hydrogen) atoms. The fourth-order valence-corrected chi connectivity index (χ4v) is 2.85. The van der Waals surface area contributed by atoms with Gasteiger partial charge in [-0.05, 0) is 31.2 Å². The lowest BCUT2D eigenvalue weighted by Crippen LogP contribution is -2.44. The molecule has 4 nitrogen and oxygen atoms in total. The van der Waals surface area contributed by atoms with Gasteiger partial charge in [0, 0.05) is 13.1 Å². The monoisotopic (exact) mass is 249 g/mol. The van der Waals surface area contributed by atoms with Crippen LogP contribution in [0.3, 0.4) is 0 Å². The molecule has 1 aromatic rings. The molecule has 1 aliphatic rings. The zero-order valence-corrected chi connectivity index (χ0v) is 11.7. The summed E-state index contributed by atoms with van der Waals surface area (Å²) in [5.41, 5.74) is 1.53. The lowest BCUT2D eigenvalue weighted by molar-refractivity contribution is 0.0881. The maximum atomic E-state index is 12.2. The molecule has 0 radical (unpaired) electrons. The van der Waals surface area contributed by atoms with Crippen LogP contribution in [0, 0.1) is 18.8 Å². The molecule has 4 heteroatoms. The van der Waals surface area contributed by atoms with E-state index in [1.165, 1.54) is 12.8 Å². The number of nitrogens with one attached hydrogen (secondary N) is 1. The van der Waals surface area contributed by atoms with Gasteiger partial charge in [-0.25, -0.2) is 0 Å². The van der Waals surface area contributed by atoms with E-state index in [1.807, 2.05) is 20.0 Å². The Morgan fingerprint density at radius 3 is 2.78 bits per heavy atom. The molecule has 1 heterocycles. The minimum atomic E-state index is 0.00375. The molecule has 2 rings (SSSR count). The van der Waals surface area contributed by atoms with Gasteiger partial charge in [0.2, 0.25) is 0 Å². The summed E-state index contributed by atoms with van der Waals surface area (Å²) in [5.74, 6) is 1.25. The highest BCUT2D eigenvalue weighted by molar-refractivity contribution is 5.92. The van der Waals surface area contributed by atoms with Gasteiger partial charge in [0.25, 0.3) is 5.91 Å². The summed E-state index contributed by atoms with van der Waals surface area (Å²) in [5, 5.41) is 7.38. The third-order valence-electron chi connectivity index (χ3n) is 4.26. The van der Waals surface area contributed by atoms with Crippen molar-refractivity contribution in [3.05, 3.63) is 17.5 Å². The molecule has 0 spiro atoms. The number of nitrogens with zero attached hydrogens (tertiary/aromatic N) is 2. The van der Waals surface area contributed by atoms with Crippen LogP contribution in [-0.4, -0.2) is 21.7 Å². The maximum Gasteiger partial charge on any atom is 0.269 e. The van der Waals surface area contributed by atoms with Gasteiger partial charge in [-0.3, -0.25) is 9.48 Å². The van der Waals surface area contributed by atoms with Crippen LogP contribution < -0.4 is 5.32 Å². The van der Waals surface area contributed by atoms with Crippen LogP contribution in [0.1, 0.15) is 49.3 Å². The molecule has 1 aliphatic carbocycles. The van der Waals surface area contributed by atoms with E-state index in [4.69, 9.17) is 0 Å². The minimum Gasteiger partial charge on any atom is -0.348 e. The van der Waals surface area contributed by atoms with Crippen molar-refractivity contribution in [2.24, 2.45) is 18.9 Å². The second-order valence-corrected chi connectivity index (χ2v) is 5.64. The van der Waals surface area contributed by atoms with Gasteiger partial charge in [0.05, 0.1) is 5.69 Å². The number of rotatable bonds is 2. The highest BCUT2D eigenvalue weighted by Gasteiger charge is 2.28. The van der Waals surface area contributed by atoms with E-state index >= 15 is 0 Å². The molecule has 1 aromatic heterocycles. The first-order valence-electron chi connectivity index (χ1n) is 6.80. The van der Waals surface area contributed by atoms with E-state index in [0.29, 0.717) is 23.6 Å². The normalized spacial score (nSPS) is 28.1. The number of hydrogen-bond donors (Lipinski definition) is 1. The van der Waals surface area contributed by atoms with Gasteiger partial charge in [-0.15, -0.1) is 0 Å². The van der Waals surface area contributed by atoms with E-state index in [0.717, 1.165) is 12.1 Å². The van der Waals surface area contributed by atoms with Gasteiger partial charge in [-0.1, -0.05) is 26.7 Å². The molecule has 1 saturated carbocycles. The van der Waals surface area contributed by atoms with Crippen molar-refractivity contribution < 1.29 is 4.79 Å². The third-order valence-corrected chi connectivity index (χ3v) is 4.26. The zero-order chi connectivity index (χ0) is 13.3. The first kappa shape index (κ1) is 13.1. The van der Waals surface area contributed by atoms with Gasteiger partial charge >= 0.3 is 0 Å². The summed E-state index contributed by atoms with van der Waals surface area (Å²) in [4.78, 5) is 12.2. The molecule has 0 saturated heterocycles. The summed E-state index contributed by atoms with van der Waals surface area (Å²) in [6.07, 6.45) is 3.58. The number of carbonyl (C=O) groups is 1. The van der Waals surface area contributed by atoms with E-state index < -0.39 is 0 Å². The largest absolute Gasteiger partial charge is 0.348 e.